The molecule has 0 aromatic carbocycles. The van der Waals surface area contributed by atoms with Gasteiger partial charge in [-0.25, -0.2) is 0 Å². The van der Waals surface area contributed by atoms with E-state index in [1.54, 1.807) is 6.08 Å². The second kappa shape index (κ2) is 43.5. The van der Waals surface area contributed by atoms with Crippen molar-refractivity contribution in [3.63, 3.8) is 0 Å². The summed E-state index contributed by atoms with van der Waals surface area (Å²) in [4.78, 5) is 13.6. The van der Waals surface area contributed by atoms with Crippen LogP contribution in [0.5, 0.6) is 0 Å². The average Bonchev–Trinajstić information content (AvgIpc) is 3.46. The molecule has 4 fully saturated rings. The molecule has 4 heterocycles. The van der Waals surface area contributed by atoms with Crippen molar-refractivity contribution in [1.82, 2.24) is 5.32 Å². The Morgan fingerprint density at radius 1 is 0.518 bits per heavy atom. The van der Waals surface area contributed by atoms with E-state index in [2.05, 4.69) is 19.2 Å². The van der Waals surface area contributed by atoms with Crippen LogP contribution in [0.1, 0.15) is 201 Å². The van der Waals surface area contributed by atoms with Crippen molar-refractivity contribution in [2.45, 2.75) is 336 Å². The number of rotatable bonds is 42. The van der Waals surface area contributed by atoms with E-state index in [0.717, 1.165) is 44.9 Å². The van der Waals surface area contributed by atoms with Crippen LogP contribution in [0.15, 0.2) is 12.2 Å². The molecule has 4 aliphatic heterocycles. The Morgan fingerprint density at radius 2 is 0.988 bits per heavy atom. The maximum Gasteiger partial charge on any atom is 0.220 e. The van der Waals surface area contributed by atoms with Crippen molar-refractivity contribution in [1.29, 1.82) is 0 Å². The van der Waals surface area contributed by atoms with E-state index >= 15 is 0 Å². The number of nitrogens with one attached hydrogen (secondary N) is 2. The molecule has 14 unspecified atom stereocenters. The summed E-state index contributed by atoms with van der Waals surface area (Å²) in [5, 5.41) is 122. The molecule has 83 heavy (non-hydrogen) atoms. The van der Waals surface area contributed by atoms with Crippen LogP contribution < -0.4 is 5.32 Å². The zero-order valence-corrected chi connectivity index (χ0v) is 55.2. The minimum Gasteiger partial charge on any atom is -0.668 e. The fourth-order valence-corrected chi connectivity index (χ4v) is 11.3. The third-order valence-corrected chi connectivity index (χ3v) is 16.7. The van der Waals surface area contributed by atoms with E-state index in [-0.39, 0.29) is 76.0 Å². The Bertz CT molecular complexity index is 1690. The van der Waals surface area contributed by atoms with Crippen LogP contribution in [0.3, 0.4) is 0 Å². The van der Waals surface area contributed by atoms with E-state index in [0.29, 0.717) is 6.42 Å². The second-order valence-electron chi connectivity index (χ2n) is 23.6. The Morgan fingerprint density at radius 3 is 1.53 bits per heavy atom. The summed E-state index contributed by atoms with van der Waals surface area (Å²) in [7, 11) is 0. The van der Waals surface area contributed by atoms with E-state index in [4.69, 9.17) is 37.9 Å². The minimum atomic E-state index is -1.91. The van der Waals surface area contributed by atoms with Crippen LogP contribution in [-0.2, 0) is 42.7 Å². The zero-order valence-electron chi connectivity index (χ0n) is 50.4. The van der Waals surface area contributed by atoms with Crippen molar-refractivity contribution in [2.24, 2.45) is 0 Å². The molecule has 13 N–H and O–H groups in total. The van der Waals surface area contributed by atoms with Crippen molar-refractivity contribution in [3.8, 4) is 0 Å². The van der Waals surface area contributed by atoms with Gasteiger partial charge >= 0.3 is 0 Å². The van der Waals surface area contributed by atoms with E-state index in [1.165, 1.54) is 123 Å². The van der Waals surface area contributed by atoms with Crippen LogP contribution in [0.4, 0.5) is 0 Å². The first-order valence-corrected chi connectivity index (χ1v) is 31.7. The number of carbonyl (C=O) groups excluding carboxylic acids is 1. The molecular formula is C60H111AcN2O20-. The van der Waals surface area contributed by atoms with Crippen LogP contribution >= 0.6 is 0 Å². The van der Waals surface area contributed by atoms with Gasteiger partial charge < -0.3 is 105 Å². The standard InChI is InChI=1S/C60H111N2O20.Ac/c1-5-7-9-11-13-15-17-19-21-23-25-27-29-31-41(65)40(62-45(66)32-30-28-26-24-22-20-18-16-14-12-10-8-6-2)37-76-58-46(61)56(75-34-33-42-49(69)51(71)47(67)38(3)77-42)55(44(36-64)80-58)81-60-57(53(73)50(70)43(35-63)79-60)82-59-54(74)52(72)48(68)39(4)78-59;/h29,31,38-44,46-61,63-65,67-74H,5-28,30,32-37H2,1-4H3,(H,62,66);/q-1;/b31-29+;/t38?,39?,40?,41?,42-,43?,44?,46?,47-,48+,49?,50+,51?,52?,53?,54?,55+,56?,57?,58-,59+,60+;/m1./s1. The van der Waals surface area contributed by atoms with Gasteiger partial charge in [-0.05, 0) is 39.5 Å². The van der Waals surface area contributed by atoms with Crippen molar-refractivity contribution >= 4 is 5.91 Å². The van der Waals surface area contributed by atoms with Gasteiger partial charge in [0.05, 0.1) is 56.4 Å². The normalized spacial score (nSPS) is 34.8. The average molecular weight is 1410 g/mol. The van der Waals surface area contributed by atoms with Gasteiger partial charge in [-0.1, -0.05) is 173 Å². The molecule has 0 spiro atoms. The molecule has 4 aliphatic rings. The zero-order chi connectivity index (χ0) is 60.0. The van der Waals surface area contributed by atoms with Crippen LogP contribution in [-0.4, -0.2) is 223 Å². The van der Waals surface area contributed by atoms with E-state index in [9.17, 15) is 66.7 Å². The minimum absolute atomic E-state index is 0. The predicted molar refractivity (Wildman–Crippen MR) is 305 cm³/mol. The first-order valence-electron chi connectivity index (χ1n) is 31.7. The molecule has 0 aromatic heterocycles. The quantitative estimate of drug-likeness (QED) is 0.0297. The number of carbonyl (C=O) groups is 1. The number of unbranched alkanes of at least 4 members (excludes halogenated alkanes) is 23. The Hall–Kier alpha value is -0.148. The van der Waals surface area contributed by atoms with Gasteiger partial charge in [-0.15, -0.1) is 0 Å². The summed E-state index contributed by atoms with van der Waals surface area (Å²) in [6.45, 7) is 5.13. The van der Waals surface area contributed by atoms with Crippen LogP contribution in [0.25, 0.3) is 5.73 Å². The first-order chi connectivity index (χ1) is 39.5. The molecule has 4 rings (SSSR count). The summed E-state index contributed by atoms with van der Waals surface area (Å²) in [6, 6.07) is -2.55. The fourth-order valence-electron chi connectivity index (χ4n) is 11.3. The third kappa shape index (κ3) is 26.3. The first kappa shape index (κ1) is 77.1. The largest absolute Gasteiger partial charge is 0.668 e. The molecule has 0 bridgehead atoms. The van der Waals surface area contributed by atoms with Crippen molar-refractivity contribution < 1.29 is 143 Å². The van der Waals surface area contributed by atoms with Gasteiger partial charge in [0.1, 0.15) is 79.5 Å². The number of amides is 1. The number of hydrogen-bond acceptors (Lipinski definition) is 20. The molecule has 22 atom stereocenters. The van der Waals surface area contributed by atoms with Crippen molar-refractivity contribution in [3.05, 3.63) is 17.9 Å². The number of ether oxygens (including phenoxy) is 8. The van der Waals surface area contributed by atoms with E-state index in [1.807, 2.05) is 6.08 Å². The monoisotopic (exact) mass is 1410 g/mol. The Labute approximate surface area is 530 Å². The summed E-state index contributed by atoms with van der Waals surface area (Å²) in [5.74, 6) is -0.285. The number of aliphatic hydroxyl groups excluding tert-OH is 11. The Balaban J connectivity index is 0.0000181. The molecule has 23 heteroatoms. The van der Waals surface area contributed by atoms with Gasteiger partial charge in [-0.3, -0.25) is 4.79 Å². The van der Waals surface area contributed by atoms with Crippen LogP contribution in [0.2, 0.25) is 0 Å². The molecule has 0 saturated carbocycles. The molecule has 22 nitrogen and oxygen atoms in total. The molecule has 0 aliphatic carbocycles. The molecule has 485 valence electrons. The maximum absolute atomic E-state index is 13.6. The number of allylic oxidation sites excluding steroid dienone is 1. The second-order valence-corrected chi connectivity index (χ2v) is 23.6. The van der Waals surface area contributed by atoms with Gasteiger partial charge in [0.2, 0.25) is 5.91 Å². The van der Waals surface area contributed by atoms with Gasteiger partial charge in [0.25, 0.3) is 0 Å². The van der Waals surface area contributed by atoms with Gasteiger partial charge in [0, 0.05) is 57.1 Å². The Kier molecular flexibility index (Phi) is 40.4. The molecule has 1 amide bonds. The molecule has 4 saturated heterocycles. The van der Waals surface area contributed by atoms with Gasteiger partial charge in [0.15, 0.2) is 12.6 Å². The SMILES string of the molecule is CCCCCCCCCCCCC/C=C/C(O)C(CO[C@@H]1OC(CO)[C@H](O[C@@H]2OC(CO)[C@H](O)C(O)C2O[C@@H]2OC(C)[C@H](O)C(O)C2O)C(OCC[C@H]2OC(C)[C@@H](O)C(O)C2O)C1[NH-])NC(=O)CCCCCCCCCCCCCCC.[Ac]. The van der Waals surface area contributed by atoms with Crippen molar-refractivity contribution in [2.75, 3.05) is 26.4 Å². The maximum atomic E-state index is 13.6. The van der Waals surface area contributed by atoms with E-state index < -0.39 is 148 Å². The fraction of sp³-hybridized carbons (Fsp3) is 0.950. The van der Waals surface area contributed by atoms with Crippen LogP contribution in [0, 0.1) is 44.1 Å². The smallest absolute Gasteiger partial charge is 0.220 e. The molecular weight excluding hydrogens is 1300 g/mol. The van der Waals surface area contributed by atoms with Gasteiger partial charge in [-0.2, -0.15) is 0 Å². The molecule has 0 aromatic rings. The summed E-state index contributed by atoms with van der Waals surface area (Å²) < 4.78 is 48.5. The summed E-state index contributed by atoms with van der Waals surface area (Å²) >= 11 is 0. The topological polar surface area (TPSA) is 349 Å². The predicted octanol–water partition coefficient (Wildman–Crippen LogP) is 4.41. The summed E-state index contributed by atoms with van der Waals surface area (Å²) in [6.07, 6.45) is 2.59. The number of aliphatic hydroxyl groups is 11. The number of hydrogen-bond donors (Lipinski definition) is 12. The summed E-state index contributed by atoms with van der Waals surface area (Å²) in [5.41, 5.74) is 9.57. The third-order valence-electron chi connectivity index (χ3n) is 16.7. The molecule has 1 radical (unpaired) electrons.